The van der Waals surface area contributed by atoms with E-state index in [2.05, 4.69) is 22.3 Å². The van der Waals surface area contributed by atoms with Gasteiger partial charge in [0.15, 0.2) is 0 Å². The summed E-state index contributed by atoms with van der Waals surface area (Å²) in [5, 5.41) is 12.9. The lowest BCUT2D eigenvalue weighted by molar-refractivity contribution is -0.146. The quantitative estimate of drug-likeness (QED) is 0.867. The van der Waals surface area contributed by atoms with Gasteiger partial charge in [-0.3, -0.25) is 10.1 Å². The van der Waals surface area contributed by atoms with E-state index in [9.17, 15) is 9.90 Å². The molecule has 102 valence electrons. The lowest BCUT2D eigenvalue weighted by Crippen LogP contribution is -2.59. The summed E-state index contributed by atoms with van der Waals surface area (Å²) in [5.41, 5.74) is 0.486. The number of hydrogen-bond acceptors (Lipinski definition) is 3. The predicted molar refractivity (Wildman–Crippen MR) is 74.4 cm³/mol. The van der Waals surface area contributed by atoms with Crippen LogP contribution < -0.4 is 10.2 Å². The van der Waals surface area contributed by atoms with Crippen LogP contribution in [0.5, 0.6) is 0 Å². The smallest absolute Gasteiger partial charge is 0.324 e. The molecule has 0 spiro atoms. The van der Waals surface area contributed by atoms with Crippen molar-refractivity contribution in [2.24, 2.45) is 0 Å². The van der Waals surface area contributed by atoms with Gasteiger partial charge in [0.1, 0.15) is 5.54 Å². The molecule has 0 radical (unpaired) electrons. The van der Waals surface area contributed by atoms with Crippen LogP contribution in [-0.4, -0.2) is 35.7 Å². The molecule has 1 aromatic carbocycles. The summed E-state index contributed by atoms with van der Waals surface area (Å²) < 4.78 is 0. The minimum atomic E-state index is -0.702. The van der Waals surface area contributed by atoms with Gasteiger partial charge in [0, 0.05) is 24.8 Å². The van der Waals surface area contributed by atoms with E-state index < -0.39 is 11.5 Å². The number of nitrogens with one attached hydrogen (secondary N) is 1. The van der Waals surface area contributed by atoms with Crippen LogP contribution in [0.1, 0.15) is 25.7 Å². The molecule has 4 heteroatoms. The summed E-state index contributed by atoms with van der Waals surface area (Å²) in [4.78, 5) is 13.9. The number of nitrogens with zero attached hydrogens (tertiary/aromatic N) is 1. The van der Waals surface area contributed by atoms with E-state index in [-0.39, 0.29) is 0 Å². The summed E-state index contributed by atoms with van der Waals surface area (Å²) in [6, 6.07) is 10.7. The van der Waals surface area contributed by atoms with Crippen LogP contribution in [0.3, 0.4) is 0 Å². The predicted octanol–water partition coefficient (Wildman–Crippen LogP) is 1.86. The van der Waals surface area contributed by atoms with Crippen LogP contribution in [0.2, 0.25) is 0 Å². The first-order valence-electron chi connectivity index (χ1n) is 7.01. The average molecular weight is 260 g/mol. The Morgan fingerprint density at radius 1 is 1.21 bits per heavy atom. The minimum Gasteiger partial charge on any atom is -0.480 e. The van der Waals surface area contributed by atoms with E-state index in [4.69, 9.17) is 0 Å². The molecule has 1 aromatic rings. The second-order valence-electron chi connectivity index (χ2n) is 5.63. The fourth-order valence-corrected chi connectivity index (χ4v) is 2.82. The first-order chi connectivity index (χ1) is 9.20. The van der Waals surface area contributed by atoms with E-state index >= 15 is 0 Å². The van der Waals surface area contributed by atoms with Gasteiger partial charge in [-0.1, -0.05) is 18.2 Å². The van der Waals surface area contributed by atoms with Crippen molar-refractivity contribution in [2.45, 2.75) is 37.3 Å². The highest BCUT2D eigenvalue weighted by Gasteiger charge is 2.44. The number of carboxylic acids is 1. The van der Waals surface area contributed by atoms with Crippen molar-refractivity contribution in [1.29, 1.82) is 0 Å². The molecule has 0 amide bonds. The summed E-state index contributed by atoms with van der Waals surface area (Å²) in [7, 11) is 0. The zero-order valence-corrected chi connectivity index (χ0v) is 11.0. The molecule has 2 N–H and O–H groups in total. The fourth-order valence-electron chi connectivity index (χ4n) is 2.82. The standard InChI is InChI=1S/C15H20N2O2/c18-14(19)15(16-12-6-7-12)8-10-17(11-9-15)13-4-2-1-3-5-13/h1-5,12,16H,6-11H2,(H,18,19). The highest BCUT2D eigenvalue weighted by atomic mass is 16.4. The number of benzene rings is 1. The first-order valence-corrected chi connectivity index (χ1v) is 7.01. The van der Waals surface area contributed by atoms with Gasteiger partial charge in [-0.15, -0.1) is 0 Å². The van der Waals surface area contributed by atoms with Crippen molar-refractivity contribution in [3.63, 3.8) is 0 Å². The third-order valence-electron chi connectivity index (χ3n) is 4.21. The Bertz CT molecular complexity index is 448. The Hall–Kier alpha value is -1.55. The lowest BCUT2D eigenvalue weighted by atomic mass is 9.87. The maximum Gasteiger partial charge on any atom is 0.324 e. The first kappa shape index (κ1) is 12.5. The highest BCUT2D eigenvalue weighted by molar-refractivity contribution is 5.79. The summed E-state index contributed by atoms with van der Waals surface area (Å²) >= 11 is 0. The molecule has 0 bridgehead atoms. The average Bonchev–Trinajstić information content (AvgIpc) is 3.24. The molecule has 0 atom stereocenters. The van der Waals surface area contributed by atoms with E-state index in [1.807, 2.05) is 18.2 Å². The normalized spacial score (nSPS) is 22.2. The monoisotopic (exact) mass is 260 g/mol. The molecule has 2 fully saturated rings. The summed E-state index contributed by atoms with van der Waals surface area (Å²) in [6.07, 6.45) is 3.59. The molecule has 3 rings (SSSR count). The summed E-state index contributed by atoms with van der Waals surface area (Å²) in [5.74, 6) is -0.688. The van der Waals surface area contributed by atoms with Gasteiger partial charge in [-0.05, 0) is 37.8 Å². The topological polar surface area (TPSA) is 52.6 Å². The molecule has 1 saturated carbocycles. The van der Waals surface area contributed by atoms with Crippen molar-refractivity contribution in [2.75, 3.05) is 18.0 Å². The number of aliphatic carboxylic acids is 1. The largest absolute Gasteiger partial charge is 0.480 e. The van der Waals surface area contributed by atoms with Gasteiger partial charge in [0.2, 0.25) is 0 Å². The van der Waals surface area contributed by atoms with Crippen molar-refractivity contribution < 1.29 is 9.90 Å². The molecule has 2 aliphatic rings. The second kappa shape index (κ2) is 4.85. The van der Waals surface area contributed by atoms with E-state index in [0.29, 0.717) is 18.9 Å². The summed E-state index contributed by atoms with van der Waals surface area (Å²) in [6.45, 7) is 1.60. The lowest BCUT2D eigenvalue weighted by Gasteiger charge is -2.40. The maximum atomic E-state index is 11.6. The number of carboxylic acid groups (broad SMARTS) is 1. The van der Waals surface area contributed by atoms with Crippen molar-refractivity contribution >= 4 is 11.7 Å². The molecule has 0 aromatic heterocycles. The third kappa shape index (κ3) is 2.59. The molecular weight excluding hydrogens is 240 g/mol. The van der Waals surface area contributed by atoms with Crippen LogP contribution in [0, 0.1) is 0 Å². The number of para-hydroxylation sites is 1. The van der Waals surface area contributed by atoms with Gasteiger partial charge in [0.25, 0.3) is 0 Å². The fraction of sp³-hybridized carbons (Fsp3) is 0.533. The van der Waals surface area contributed by atoms with Crippen molar-refractivity contribution in [3.8, 4) is 0 Å². The van der Waals surface area contributed by atoms with Gasteiger partial charge >= 0.3 is 5.97 Å². The van der Waals surface area contributed by atoms with Crippen molar-refractivity contribution in [3.05, 3.63) is 30.3 Å². The van der Waals surface area contributed by atoms with Gasteiger partial charge in [0.05, 0.1) is 0 Å². The number of carbonyl (C=O) groups is 1. The zero-order valence-electron chi connectivity index (χ0n) is 11.0. The SMILES string of the molecule is O=C(O)C1(NC2CC2)CCN(c2ccccc2)CC1. The maximum absolute atomic E-state index is 11.6. The zero-order chi connectivity index (χ0) is 13.3. The molecule has 1 saturated heterocycles. The number of piperidine rings is 1. The second-order valence-corrected chi connectivity index (χ2v) is 5.63. The molecule has 19 heavy (non-hydrogen) atoms. The van der Waals surface area contributed by atoms with E-state index in [1.54, 1.807) is 0 Å². The Balaban J connectivity index is 1.68. The Labute approximate surface area is 113 Å². The highest BCUT2D eigenvalue weighted by Crippen LogP contribution is 2.31. The van der Waals surface area contributed by atoms with Crippen LogP contribution in [0.4, 0.5) is 5.69 Å². The Kier molecular flexibility index (Phi) is 3.19. The molecule has 1 heterocycles. The number of rotatable bonds is 4. The number of anilines is 1. The van der Waals surface area contributed by atoms with Gasteiger partial charge in [-0.2, -0.15) is 0 Å². The van der Waals surface area contributed by atoms with Gasteiger partial charge in [-0.25, -0.2) is 0 Å². The molecule has 4 nitrogen and oxygen atoms in total. The van der Waals surface area contributed by atoms with Crippen molar-refractivity contribution in [1.82, 2.24) is 5.32 Å². The molecule has 1 aliphatic heterocycles. The third-order valence-corrected chi connectivity index (χ3v) is 4.21. The number of hydrogen-bond donors (Lipinski definition) is 2. The molecule has 1 aliphatic carbocycles. The van der Waals surface area contributed by atoms with Crippen LogP contribution in [-0.2, 0) is 4.79 Å². The molecule has 0 unspecified atom stereocenters. The van der Waals surface area contributed by atoms with E-state index in [1.165, 1.54) is 5.69 Å². The van der Waals surface area contributed by atoms with Crippen LogP contribution >= 0.6 is 0 Å². The van der Waals surface area contributed by atoms with Gasteiger partial charge < -0.3 is 10.0 Å². The Morgan fingerprint density at radius 2 is 1.84 bits per heavy atom. The van der Waals surface area contributed by atoms with E-state index in [0.717, 1.165) is 25.9 Å². The van der Waals surface area contributed by atoms with Crippen LogP contribution in [0.25, 0.3) is 0 Å². The minimum absolute atomic E-state index is 0.430. The Morgan fingerprint density at radius 3 is 2.37 bits per heavy atom. The molecular formula is C15H20N2O2. The van der Waals surface area contributed by atoms with Crippen LogP contribution in [0.15, 0.2) is 30.3 Å².